The summed E-state index contributed by atoms with van der Waals surface area (Å²) >= 11 is 0. The Morgan fingerprint density at radius 1 is 1.42 bits per heavy atom. The van der Waals surface area contributed by atoms with E-state index in [1.807, 2.05) is 0 Å². The maximum atomic E-state index is 11.4. The highest BCUT2D eigenvalue weighted by molar-refractivity contribution is 5.60. The van der Waals surface area contributed by atoms with Gasteiger partial charge in [-0.15, -0.1) is 0 Å². The lowest BCUT2D eigenvalue weighted by atomic mass is 9.83. The average molecular weight is 268 g/mol. The monoisotopic (exact) mass is 268 g/mol. The normalized spacial score (nSPS) is 30.7. The van der Waals surface area contributed by atoms with E-state index in [9.17, 15) is 4.79 Å². The quantitative estimate of drug-likeness (QED) is 0.703. The number of nitrogens with zero attached hydrogens (tertiary/aromatic N) is 2. The Kier molecular flexibility index (Phi) is 5.37. The first kappa shape index (κ1) is 14.9. The molecule has 0 aromatic carbocycles. The summed E-state index contributed by atoms with van der Waals surface area (Å²) in [6.45, 7) is 5.80. The molecule has 4 heteroatoms. The molecular weight excluding hydrogens is 240 g/mol. The molecule has 2 fully saturated rings. The Hall–Kier alpha value is -0.450. The minimum Gasteiger partial charge on any atom is -0.380 e. The molecule has 0 radical (unpaired) electrons. The fraction of sp³-hybridized carbons (Fsp3) is 0.933. The zero-order chi connectivity index (χ0) is 13.7. The molecule has 0 N–H and O–H groups in total. The summed E-state index contributed by atoms with van der Waals surface area (Å²) in [5.74, 6) is 0.786. The van der Waals surface area contributed by atoms with E-state index in [-0.39, 0.29) is 5.41 Å². The molecule has 2 saturated heterocycles. The molecule has 0 aromatic rings. The molecule has 19 heavy (non-hydrogen) atoms. The van der Waals surface area contributed by atoms with Crippen LogP contribution in [0.15, 0.2) is 0 Å². The van der Waals surface area contributed by atoms with E-state index >= 15 is 0 Å². The number of ether oxygens (including phenoxy) is 1. The maximum Gasteiger partial charge on any atom is 0.129 e. The highest BCUT2D eigenvalue weighted by Gasteiger charge is 2.34. The van der Waals surface area contributed by atoms with Crippen molar-refractivity contribution in [3.8, 4) is 0 Å². The van der Waals surface area contributed by atoms with Crippen LogP contribution in [0, 0.1) is 11.3 Å². The van der Waals surface area contributed by atoms with Gasteiger partial charge < -0.3 is 19.3 Å². The van der Waals surface area contributed by atoms with E-state index in [2.05, 4.69) is 23.9 Å². The van der Waals surface area contributed by atoms with Crippen molar-refractivity contribution in [2.24, 2.45) is 11.3 Å². The summed E-state index contributed by atoms with van der Waals surface area (Å²) in [6.07, 6.45) is 5.70. The summed E-state index contributed by atoms with van der Waals surface area (Å²) in [5.41, 5.74) is -0.252. The van der Waals surface area contributed by atoms with Crippen molar-refractivity contribution in [3.05, 3.63) is 0 Å². The summed E-state index contributed by atoms with van der Waals surface area (Å²) in [6, 6.07) is 0. The Morgan fingerprint density at radius 3 is 2.74 bits per heavy atom. The molecule has 2 aliphatic rings. The van der Waals surface area contributed by atoms with E-state index in [1.165, 1.54) is 25.9 Å². The fourth-order valence-electron chi connectivity index (χ4n) is 3.42. The third-order valence-electron chi connectivity index (χ3n) is 4.60. The van der Waals surface area contributed by atoms with Crippen LogP contribution in [0.1, 0.15) is 25.7 Å². The number of carbonyl (C=O) groups excluding carboxylic acids is 1. The van der Waals surface area contributed by atoms with Crippen molar-refractivity contribution in [3.63, 3.8) is 0 Å². The van der Waals surface area contributed by atoms with Crippen molar-refractivity contribution in [2.75, 3.05) is 53.5 Å². The van der Waals surface area contributed by atoms with Crippen LogP contribution in [-0.4, -0.2) is 69.6 Å². The minimum absolute atomic E-state index is 0.252. The van der Waals surface area contributed by atoms with E-state index in [4.69, 9.17) is 4.74 Å². The molecule has 0 amide bonds. The molecule has 110 valence electrons. The van der Waals surface area contributed by atoms with Crippen LogP contribution >= 0.6 is 0 Å². The second-order valence-electron chi connectivity index (χ2n) is 6.58. The molecule has 2 heterocycles. The Bertz CT molecular complexity index is 282. The predicted octanol–water partition coefficient (Wildman–Crippen LogP) is 1.26. The number of aldehydes is 1. The van der Waals surface area contributed by atoms with Gasteiger partial charge in [0.05, 0.1) is 12.0 Å². The number of rotatable bonds is 5. The molecule has 0 spiro atoms. The molecule has 0 aromatic heterocycles. The van der Waals surface area contributed by atoms with E-state index < -0.39 is 0 Å². The van der Waals surface area contributed by atoms with Crippen LogP contribution in [0.4, 0.5) is 0 Å². The molecule has 0 saturated carbocycles. The lowest BCUT2D eigenvalue weighted by Crippen LogP contribution is -2.45. The van der Waals surface area contributed by atoms with Gasteiger partial charge in [-0.1, -0.05) is 0 Å². The summed E-state index contributed by atoms with van der Waals surface area (Å²) < 4.78 is 5.52. The number of carbonyl (C=O) groups is 1. The number of hydrogen-bond donors (Lipinski definition) is 0. The second-order valence-corrected chi connectivity index (χ2v) is 6.58. The lowest BCUT2D eigenvalue weighted by Gasteiger charge is -2.37. The smallest absolute Gasteiger partial charge is 0.129 e. The van der Waals surface area contributed by atoms with Crippen LogP contribution in [0.5, 0.6) is 0 Å². The molecular formula is C15H28N2O2. The van der Waals surface area contributed by atoms with Gasteiger partial charge >= 0.3 is 0 Å². The topological polar surface area (TPSA) is 32.8 Å². The van der Waals surface area contributed by atoms with Gasteiger partial charge in [0, 0.05) is 19.7 Å². The first-order chi connectivity index (χ1) is 9.13. The number of piperidine rings is 1. The van der Waals surface area contributed by atoms with Crippen molar-refractivity contribution in [1.29, 1.82) is 0 Å². The van der Waals surface area contributed by atoms with Crippen molar-refractivity contribution in [2.45, 2.75) is 25.7 Å². The molecule has 0 aliphatic carbocycles. The SMILES string of the molecule is CN1CCC(CN(C)CC2(C=O)CCCOC2)CC1. The van der Waals surface area contributed by atoms with E-state index in [0.717, 1.165) is 44.7 Å². The van der Waals surface area contributed by atoms with Gasteiger partial charge in [-0.05, 0) is 58.8 Å². The number of likely N-dealkylation sites (tertiary alicyclic amines) is 1. The van der Waals surface area contributed by atoms with Crippen LogP contribution < -0.4 is 0 Å². The third-order valence-corrected chi connectivity index (χ3v) is 4.60. The van der Waals surface area contributed by atoms with E-state index in [0.29, 0.717) is 6.61 Å². The molecule has 1 atom stereocenters. The zero-order valence-corrected chi connectivity index (χ0v) is 12.4. The van der Waals surface area contributed by atoms with Gasteiger partial charge in [0.15, 0.2) is 0 Å². The molecule has 2 aliphatic heterocycles. The largest absolute Gasteiger partial charge is 0.380 e. The van der Waals surface area contributed by atoms with Crippen LogP contribution in [0.2, 0.25) is 0 Å². The van der Waals surface area contributed by atoms with Crippen molar-refractivity contribution >= 4 is 6.29 Å². The zero-order valence-electron chi connectivity index (χ0n) is 12.4. The van der Waals surface area contributed by atoms with Gasteiger partial charge in [0.2, 0.25) is 0 Å². The molecule has 2 rings (SSSR count). The predicted molar refractivity (Wildman–Crippen MR) is 76.3 cm³/mol. The number of hydrogen-bond acceptors (Lipinski definition) is 4. The van der Waals surface area contributed by atoms with Crippen LogP contribution in [-0.2, 0) is 9.53 Å². The Morgan fingerprint density at radius 2 is 2.16 bits per heavy atom. The van der Waals surface area contributed by atoms with Gasteiger partial charge in [0.1, 0.15) is 6.29 Å². The van der Waals surface area contributed by atoms with Gasteiger partial charge in [-0.3, -0.25) is 0 Å². The molecule has 4 nitrogen and oxygen atoms in total. The summed E-state index contributed by atoms with van der Waals surface area (Å²) in [7, 11) is 4.35. The van der Waals surface area contributed by atoms with Crippen molar-refractivity contribution in [1.82, 2.24) is 9.80 Å². The Balaban J connectivity index is 1.79. The van der Waals surface area contributed by atoms with Crippen LogP contribution in [0.25, 0.3) is 0 Å². The van der Waals surface area contributed by atoms with Gasteiger partial charge in [-0.2, -0.15) is 0 Å². The first-order valence-corrected chi connectivity index (χ1v) is 7.55. The minimum atomic E-state index is -0.252. The standard InChI is InChI=1S/C15H28N2O2/c1-16-7-4-14(5-8-16)10-17(2)11-15(12-18)6-3-9-19-13-15/h12,14H,3-11,13H2,1-2H3. The van der Waals surface area contributed by atoms with Crippen LogP contribution in [0.3, 0.4) is 0 Å². The van der Waals surface area contributed by atoms with Gasteiger partial charge in [-0.25, -0.2) is 0 Å². The average Bonchev–Trinajstić information content (AvgIpc) is 2.42. The maximum absolute atomic E-state index is 11.4. The van der Waals surface area contributed by atoms with E-state index in [1.54, 1.807) is 0 Å². The van der Waals surface area contributed by atoms with Gasteiger partial charge in [0.25, 0.3) is 0 Å². The highest BCUT2D eigenvalue weighted by atomic mass is 16.5. The third kappa shape index (κ3) is 4.26. The van der Waals surface area contributed by atoms with Crippen molar-refractivity contribution < 1.29 is 9.53 Å². The highest BCUT2D eigenvalue weighted by Crippen LogP contribution is 2.28. The Labute approximate surface area is 117 Å². The first-order valence-electron chi connectivity index (χ1n) is 7.55. The fourth-order valence-corrected chi connectivity index (χ4v) is 3.42. The molecule has 0 bridgehead atoms. The lowest BCUT2D eigenvalue weighted by molar-refractivity contribution is -0.125. The summed E-state index contributed by atoms with van der Waals surface area (Å²) in [4.78, 5) is 16.2. The summed E-state index contributed by atoms with van der Waals surface area (Å²) in [5, 5.41) is 0. The molecule has 1 unspecified atom stereocenters. The second kappa shape index (κ2) is 6.82.